The Morgan fingerprint density at radius 3 is 3.09 bits per heavy atom. The highest BCUT2D eigenvalue weighted by atomic mass is 16.3. The fourth-order valence-electron chi connectivity index (χ4n) is 3.12. The van der Waals surface area contributed by atoms with E-state index in [1.54, 1.807) is 19.4 Å². The van der Waals surface area contributed by atoms with E-state index in [0.29, 0.717) is 12.0 Å². The van der Waals surface area contributed by atoms with Crippen LogP contribution >= 0.6 is 0 Å². The Kier molecular flexibility index (Phi) is 4.24. The molecule has 3 rings (SSSR count). The lowest BCUT2D eigenvalue weighted by Gasteiger charge is -2.26. The van der Waals surface area contributed by atoms with Crippen LogP contribution < -0.4 is 0 Å². The fraction of sp³-hybridized carbons (Fsp3) is 0.412. The van der Waals surface area contributed by atoms with Gasteiger partial charge in [-0.2, -0.15) is 0 Å². The average molecular weight is 299 g/mol. The van der Waals surface area contributed by atoms with Gasteiger partial charge in [-0.15, -0.1) is 0 Å². The van der Waals surface area contributed by atoms with E-state index in [1.165, 1.54) is 0 Å². The first kappa shape index (κ1) is 14.8. The number of aliphatic hydroxyl groups excluding tert-OH is 1. The average Bonchev–Trinajstić information content (AvgIpc) is 3.17. The summed E-state index contributed by atoms with van der Waals surface area (Å²) in [6.45, 7) is 2.55. The Morgan fingerprint density at radius 1 is 1.50 bits per heavy atom. The number of imidazole rings is 1. The van der Waals surface area contributed by atoms with Crippen molar-refractivity contribution in [3.63, 3.8) is 0 Å². The number of amides is 1. The van der Waals surface area contributed by atoms with Gasteiger partial charge in [0.1, 0.15) is 0 Å². The molecule has 2 unspecified atom stereocenters. The third-order valence-corrected chi connectivity index (χ3v) is 4.15. The second-order valence-electron chi connectivity index (χ2n) is 5.90. The van der Waals surface area contributed by atoms with Crippen LogP contribution in [0.1, 0.15) is 36.5 Å². The smallest absolute Gasteiger partial charge is 0.254 e. The lowest BCUT2D eigenvalue weighted by molar-refractivity contribution is 0.0682. The normalized spacial score (nSPS) is 19.4. The highest BCUT2D eigenvalue weighted by Crippen LogP contribution is 2.24. The SMILES string of the molecule is CC(O)CC1CCCN1C(=O)c1cccc(-n2ccnc2)c1. The van der Waals surface area contributed by atoms with Crippen molar-refractivity contribution in [2.24, 2.45) is 0 Å². The van der Waals surface area contributed by atoms with Crippen molar-refractivity contribution in [1.82, 2.24) is 14.5 Å². The monoisotopic (exact) mass is 299 g/mol. The third kappa shape index (κ3) is 3.04. The summed E-state index contributed by atoms with van der Waals surface area (Å²) < 4.78 is 1.88. The summed E-state index contributed by atoms with van der Waals surface area (Å²) in [5.74, 6) is 0.0464. The number of carbonyl (C=O) groups is 1. The second kappa shape index (κ2) is 6.32. The van der Waals surface area contributed by atoms with Crippen molar-refractivity contribution >= 4 is 5.91 Å². The van der Waals surface area contributed by atoms with Crippen molar-refractivity contribution in [3.8, 4) is 5.69 Å². The van der Waals surface area contributed by atoms with Crippen LogP contribution in [0.25, 0.3) is 5.69 Å². The van der Waals surface area contributed by atoms with Crippen LogP contribution in [0.4, 0.5) is 0 Å². The molecule has 1 aliphatic heterocycles. The Balaban J connectivity index is 1.81. The zero-order valence-electron chi connectivity index (χ0n) is 12.7. The van der Waals surface area contributed by atoms with Gasteiger partial charge in [0.15, 0.2) is 0 Å². The summed E-state index contributed by atoms with van der Waals surface area (Å²) in [6, 6.07) is 7.73. The number of hydrogen-bond donors (Lipinski definition) is 1. The van der Waals surface area contributed by atoms with Crippen molar-refractivity contribution < 1.29 is 9.90 Å². The second-order valence-corrected chi connectivity index (χ2v) is 5.90. The number of nitrogens with zero attached hydrogens (tertiary/aromatic N) is 3. The van der Waals surface area contributed by atoms with Gasteiger partial charge in [0.25, 0.3) is 5.91 Å². The number of benzene rings is 1. The molecule has 1 aliphatic rings. The van der Waals surface area contributed by atoms with Gasteiger partial charge < -0.3 is 14.6 Å². The highest BCUT2D eigenvalue weighted by molar-refractivity contribution is 5.95. The fourth-order valence-corrected chi connectivity index (χ4v) is 3.12. The number of likely N-dealkylation sites (tertiary alicyclic amines) is 1. The molecular formula is C17H21N3O2. The number of rotatable bonds is 4. The van der Waals surface area contributed by atoms with Crippen LogP contribution in [-0.2, 0) is 0 Å². The van der Waals surface area contributed by atoms with Crippen LogP contribution in [0, 0.1) is 0 Å². The first-order valence-corrected chi connectivity index (χ1v) is 7.72. The zero-order valence-corrected chi connectivity index (χ0v) is 12.7. The minimum absolute atomic E-state index is 0.0464. The molecule has 22 heavy (non-hydrogen) atoms. The summed E-state index contributed by atoms with van der Waals surface area (Å²) in [5, 5.41) is 9.60. The zero-order chi connectivity index (χ0) is 15.5. The van der Waals surface area contributed by atoms with Gasteiger partial charge in [0, 0.05) is 36.2 Å². The molecule has 5 heteroatoms. The Bertz CT molecular complexity index is 637. The van der Waals surface area contributed by atoms with Crippen LogP contribution in [0.3, 0.4) is 0 Å². The number of hydrogen-bond acceptors (Lipinski definition) is 3. The maximum absolute atomic E-state index is 12.8. The molecule has 1 fully saturated rings. The molecule has 0 aliphatic carbocycles. The standard InChI is InChI=1S/C17H21N3O2/c1-13(21)10-16-6-3-8-20(16)17(22)14-4-2-5-15(11-14)19-9-7-18-12-19/h2,4-5,7,9,11-13,16,21H,3,6,8,10H2,1H3. The van der Waals surface area contributed by atoms with Crippen molar-refractivity contribution in [3.05, 3.63) is 48.5 Å². The third-order valence-electron chi connectivity index (χ3n) is 4.15. The van der Waals surface area contributed by atoms with E-state index in [-0.39, 0.29) is 18.1 Å². The molecule has 116 valence electrons. The predicted molar refractivity (Wildman–Crippen MR) is 83.9 cm³/mol. The molecule has 2 atom stereocenters. The van der Waals surface area contributed by atoms with Gasteiger partial charge in [0.2, 0.25) is 0 Å². The summed E-state index contributed by atoms with van der Waals surface area (Å²) in [5.41, 5.74) is 1.61. The highest BCUT2D eigenvalue weighted by Gasteiger charge is 2.30. The Hall–Kier alpha value is -2.14. The van der Waals surface area contributed by atoms with E-state index in [0.717, 1.165) is 25.1 Å². The minimum Gasteiger partial charge on any atom is -0.393 e. The topological polar surface area (TPSA) is 58.4 Å². The maximum atomic E-state index is 12.8. The summed E-state index contributed by atoms with van der Waals surface area (Å²) in [4.78, 5) is 18.7. The molecule has 1 aromatic heterocycles. The lowest BCUT2D eigenvalue weighted by atomic mass is 10.1. The molecule has 1 aromatic carbocycles. The molecule has 5 nitrogen and oxygen atoms in total. The first-order chi connectivity index (χ1) is 10.6. The van der Waals surface area contributed by atoms with E-state index < -0.39 is 0 Å². The lowest BCUT2D eigenvalue weighted by Crippen LogP contribution is -2.37. The quantitative estimate of drug-likeness (QED) is 0.942. The molecule has 2 aromatic rings. The van der Waals surface area contributed by atoms with Crippen molar-refractivity contribution in [1.29, 1.82) is 0 Å². The van der Waals surface area contributed by atoms with E-state index >= 15 is 0 Å². The van der Waals surface area contributed by atoms with Gasteiger partial charge in [-0.3, -0.25) is 4.79 Å². The largest absolute Gasteiger partial charge is 0.393 e. The molecular weight excluding hydrogens is 278 g/mol. The van der Waals surface area contributed by atoms with E-state index in [2.05, 4.69) is 4.98 Å². The van der Waals surface area contributed by atoms with Gasteiger partial charge >= 0.3 is 0 Å². The number of carbonyl (C=O) groups excluding carboxylic acids is 1. The number of aliphatic hydroxyl groups is 1. The first-order valence-electron chi connectivity index (χ1n) is 7.72. The molecule has 0 saturated carbocycles. The molecule has 2 heterocycles. The van der Waals surface area contributed by atoms with Gasteiger partial charge in [-0.05, 0) is 44.4 Å². The number of aromatic nitrogens is 2. The van der Waals surface area contributed by atoms with Crippen molar-refractivity contribution in [2.75, 3.05) is 6.54 Å². The van der Waals surface area contributed by atoms with E-state index in [9.17, 15) is 9.90 Å². The molecule has 1 amide bonds. The van der Waals surface area contributed by atoms with Crippen LogP contribution in [0.15, 0.2) is 43.0 Å². The molecule has 0 spiro atoms. The Morgan fingerprint density at radius 2 is 2.36 bits per heavy atom. The van der Waals surface area contributed by atoms with Crippen LogP contribution in [-0.4, -0.2) is 44.2 Å². The molecule has 0 bridgehead atoms. The minimum atomic E-state index is -0.379. The van der Waals surface area contributed by atoms with E-state index in [4.69, 9.17) is 0 Å². The molecule has 0 radical (unpaired) electrons. The van der Waals surface area contributed by atoms with E-state index in [1.807, 2.05) is 39.9 Å². The van der Waals surface area contributed by atoms with Gasteiger partial charge in [0.05, 0.1) is 12.4 Å². The van der Waals surface area contributed by atoms with Gasteiger partial charge in [-0.25, -0.2) is 4.98 Å². The summed E-state index contributed by atoms with van der Waals surface area (Å²) in [6.07, 6.45) is 7.53. The predicted octanol–water partition coefficient (Wildman–Crippen LogP) is 2.25. The van der Waals surface area contributed by atoms with Crippen LogP contribution in [0.2, 0.25) is 0 Å². The van der Waals surface area contributed by atoms with Crippen LogP contribution in [0.5, 0.6) is 0 Å². The summed E-state index contributed by atoms with van der Waals surface area (Å²) in [7, 11) is 0. The van der Waals surface area contributed by atoms with Crippen molar-refractivity contribution in [2.45, 2.75) is 38.3 Å². The van der Waals surface area contributed by atoms with Gasteiger partial charge in [-0.1, -0.05) is 6.07 Å². The molecule has 1 saturated heterocycles. The maximum Gasteiger partial charge on any atom is 0.254 e. The Labute approximate surface area is 130 Å². The molecule has 1 N–H and O–H groups in total. The summed E-state index contributed by atoms with van der Waals surface area (Å²) >= 11 is 0.